The van der Waals surface area contributed by atoms with Crippen molar-refractivity contribution in [2.75, 3.05) is 0 Å². The third-order valence-electron chi connectivity index (χ3n) is 7.35. The molecule has 0 amide bonds. The molecule has 2 aromatic rings. The highest BCUT2D eigenvalue weighted by molar-refractivity contribution is 5.79. The lowest BCUT2D eigenvalue weighted by Crippen LogP contribution is -2.26. The van der Waals surface area contributed by atoms with E-state index in [1.54, 1.807) is 0 Å². The molecule has 2 nitrogen and oxygen atoms in total. The van der Waals surface area contributed by atoms with Crippen molar-refractivity contribution < 1.29 is 13.9 Å². The Hall–Kier alpha value is -2.16. The lowest BCUT2D eigenvalue weighted by molar-refractivity contribution is -0.139. The molecule has 0 saturated heterocycles. The number of halogens is 1. The standard InChI is InChI=1S/C27H33FO2/c1-4-5-19-6-8-20(9-7-19)18(3)21-10-12-22(13-11-21)24-15-14-23-16-17(2)27(29)30-26(23)25(24)28/h10-15,17-20H,4-9,16H2,1-3H3. The summed E-state index contributed by atoms with van der Waals surface area (Å²) in [7, 11) is 0. The lowest BCUT2D eigenvalue weighted by Gasteiger charge is -2.32. The molecule has 1 heterocycles. The second kappa shape index (κ2) is 8.91. The van der Waals surface area contributed by atoms with Crippen molar-refractivity contribution >= 4 is 5.97 Å². The van der Waals surface area contributed by atoms with Crippen molar-refractivity contribution in [1.29, 1.82) is 0 Å². The number of fused-ring (bicyclic) bond motifs is 1. The van der Waals surface area contributed by atoms with Gasteiger partial charge in [0.1, 0.15) is 0 Å². The molecule has 0 N–H and O–H groups in total. The molecule has 2 atom stereocenters. The quantitative estimate of drug-likeness (QED) is 0.383. The minimum absolute atomic E-state index is 0.108. The van der Waals surface area contributed by atoms with E-state index in [9.17, 15) is 4.79 Å². The summed E-state index contributed by atoms with van der Waals surface area (Å²) in [5, 5.41) is 0. The van der Waals surface area contributed by atoms with Gasteiger partial charge in [0, 0.05) is 5.56 Å². The van der Waals surface area contributed by atoms with E-state index < -0.39 is 5.82 Å². The number of esters is 1. The Morgan fingerprint density at radius 3 is 2.43 bits per heavy atom. The Kier molecular flexibility index (Phi) is 6.26. The predicted molar refractivity (Wildman–Crippen MR) is 119 cm³/mol. The van der Waals surface area contributed by atoms with Gasteiger partial charge in [0.2, 0.25) is 0 Å². The number of hydrogen-bond acceptors (Lipinski definition) is 2. The van der Waals surface area contributed by atoms with Crippen LogP contribution in [0.4, 0.5) is 4.39 Å². The van der Waals surface area contributed by atoms with Gasteiger partial charge in [0.05, 0.1) is 5.92 Å². The Morgan fingerprint density at radius 2 is 1.77 bits per heavy atom. The normalized spacial score (nSPS) is 24.8. The molecule has 1 aliphatic carbocycles. The molecule has 4 rings (SSSR count). The van der Waals surface area contributed by atoms with Gasteiger partial charge < -0.3 is 4.74 Å². The molecule has 1 saturated carbocycles. The zero-order valence-electron chi connectivity index (χ0n) is 18.4. The largest absolute Gasteiger partial charge is 0.423 e. The van der Waals surface area contributed by atoms with Crippen molar-refractivity contribution in [2.45, 2.75) is 71.6 Å². The van der Waals surface area contributed by atoms with Gasteiger partial charge in [-0.2, -0.15) is 0 Å². The molecule has 1 aliphatic heterocycles. The van der Waals surface area contributed by atoms with Gasteiger partial charge in [0.15, 0.2) is 11.6 Å². The van der Waals surface area contributed by atoms with Crippen LogP contribution in [0.3, 0.4) is 0 Å². The van der Waals surface area contributed by atoms with E-state index in [1.165, 1.54) is 44.1 Å². The highest BCUT2D eigenvalue weighted by atomic mass is 19.1. The van der Waals surface area contributed by atoms with Crippen LogP contribution in [-0.2, 0) is 11.2 Å². The van der Waals surface area contributed by atoms with Crippen LogP contribution in [0.15, 0.2) is 36.4 Å². The monoisotopic (exact) mass is 408 g/mol. The minimum Gasteiger partial charge on any atom is -0.423 e. The summed E-state index contributed by atoms with van der Waals surface area (Å²) >= 11 is 0. The first-order valence-corrected chi connectivity index (χ1v) is 11.6. The highest BCUT2D eigenvalue weighted by Gasteiger charge is 2.29. The molecule has 2 aromatic carbocycles. The van der Waals surface area contributed by atoms with Gasteiger partial charge in [-0.3, -0.25) is 4.79 Å². The fourth-order valence-electron chi connectivity index (χ4n) is 5.33. The Bertz CT molecular complexity index is 894. The molecule has 2 unspecified atom stereocenters. The highest BCUT2D eigenvalue weighted by Crippen LogP contribution is 2.40. The van der Waals surface area contributed by atoms with Crippen LogP contribution in [0.5, 0.6) is 5.75 Å². The molecule has 1 fully saturated rings. The first-order valence-electron chi connectivity index (χ1n) is 11.6. The maximum atomic E-state index is 15.1. The molecule has 0 bridgehead atoms. The van der Waals surface area contributed by atoms with E-state index in [1.807, 2.05) is 31.2 Å². The first-order chi connectivity index (χ1) is 14.5. The third-order valence-corrected chi connectivity index (χ3v) is 7.35. The van der Waals surface area contributed by atoms with E-state index in [0.717, 1.165) is 23.0 Å². The summed E-state index contributed by atoms with van der Waals surface area (Å²) < 4.78 is 20.4. The average molecular weight is 409 g/mol. The van der Waals surface area contributed by atoms with Crippen molar-refractivity contribution in [3.63, 3.8) is 0 Å². The van der Waals surface area contributed by atoms with Gasteiger partial charge in [-0.05, 0) is 53.7 Å². The van der Waals surface area contributed by atoms with Crippen LogP contribution >= 0.6 is 0 Å². The van der Waals surface area contributed by atoms with Gasteiger partial charge in [-0.15, -0.1) is 0 Å². The van der Waals surface area contributed by atoms with Crippen LogP contribution in [0.2, 0.25) is 0 Å². The fourth-order valence-corrected chi connectivity index (χ4v) is 5.33. The van der Waals surface area contributed by atoms with E-state index in [-0.39, 0.29) is 17.6 Å². The maximum Gasteiger partial charge on any atom is 0.314 e. The van der Waals surface area contributed by atoms with Gasteiger partial charge in [0.25, 0.3) is 0 Å². The molecular formula is C27H33FO2. The molecule has 2 aliphatic rings. The molecule has 0 aromatic heterocycles. The molecule has 3 heteroatoms. The summed E-state index contributed by atoms with van der Waals surface area (Å²) in [6.07, 6.45) is 8.55. The number of carbonyl (C=O) groups is 1. The van der Waals surface area contributed by atoms with E-state index in [2.05, 4.69) is 26.0 Å². The molecule has 160 valence electrons. The number of carbonyl (C=O) groups excluding carboxylic acids is 1. The SMILES string of the molecule is CCCC1CCC(C(C)c2ccc(-c3ccc4c(c3F)OC(=O)C(C)C4)cc2)CC1. The van der Waals surface area contributed by atoms with Gasteiger partial charge in [-0.1, -0.05) is 82.9 Å². The number of benzene rings is 2. The second-order valence-electron chi connectivity index (χ2n) is 9.42. The number of rotatable bonds is 5. The van der Waals surface area contributed by atoms with Crippen LogP contribution in [0, 0.1) is 23.6 Å². The Labute approximate surface area is 179 Å². The maximum absolute atomic E-state index is 15.1. The fraction of sp³-hybridized carbons (Fsp3) is 0.519. The smallest absolute Gasteiger partial charge is 0.314 e. The Balaban J connectivity index is 1.49. The van der Waals surface area contributed by atoms with E-state index in [4.69, 9.17) is 4.74 Å². The predicted octanol–water partition coefficient (Wildman–Crippen LogP) is 7.30. The summed E-state index contributed by atoms with van der Waals surface area (Å²) in [4.78, 5) is 11.9. The Morgan fingerprint density at radius 1 is 1.07 bits per heavy atom. The van der Waals surface area contributed by atoms with Crippen molar-refractivity contribution in [3.05, 3.63) is 53.3 Å². The van der Waals surface area contributed by atoms with E-state index in [0.29, 0.717) is 17.9 Å². The van der Waals surface area contributed by atoms with Crippen LogP contribution in [0.1, 0.15) is 76.3 Å². The third kappa shape index (κ3) is 4.17. The summed E-state index contributed by atoms with van der Waals surface area (Å²) in [6, 6.07) is 12.0. The number of hydrogen-bond donors (Lipinski definition) is 0. The second-order valence-corrected chi connectivity index (χ2v) is 9.42. The van der Waals surface area contributed by atoms with Crippen molar-refractivity contribution in [1.82, 2.24) is 0 Å². The summed E-state index contributed by atoms with van der Waals surface area (Å²) in [5.74, 6) is 1.30. The average Bonchev–Trinajstić information content (AvgIpc) is 2.76. The van der Waals surface area contributed by atoms with Crippen LogP contribution < -0.4 is 4.74 Å². The lowest BCUT2D eigenvalue weighted by atomic mass is 9.73. The topological polar surface area (TPSA) is 26.3 Å². The summed E-state index contributed by atoms with van der Waals surface area (Å²) in [6.45, 7) is 6.43. The first kappa shape index (κ1) is 21.1. The molecular weight excluding hydrogens is 375 g/mol. The minimum atomic E-state index is -0.428. The molecule has 0 spiro atoms. The molecule has 30 heavy (non-hydrogen) atoms. The van der Waals surface area contributed by atoms with Crippen molar-refractivity contribution in [2.24, 2.45) is 17.8 Å². The zero-order chi connectivity index (χ0) is 21.3. The molecule has 0 radical (unpaired) electrons. The van der Waals surface area contributed by atoms with Gasteiger partial charge >= 0.3 is 5.97 Å². The van der Waals surface area contributed by atoms with Crippen molar-refractivity contribution in [3.8, 4) is 16.9 Å². The van der Waals surface area contributed by atoms with Crippen LogP contribution in [0.25, 0.3) is 11.1 Å². The van der Waals surface area contributed by atoms with E-state index >= 15 is 4.39 Å². The zero-order valence-corrected chi connectivity index (χ0v) is 18.4. The van der Waals surface area contributed by atoms with Gasteiger partial charge in [-0.25, -0.2) is 4.39 Å². The number of ether oxygens (including phenoxy) is 1. The van der Waals surface area contributed by atoms with Crippen LogP contribution in [-0.4, -0.2) is 5.97 Å². The summed E-state index contributed by atoms with van der Waals surface area (Å²) in [5.41, 5.74) is 3.42.